The van der Waals surface area contributed by atoms with Crippen LogP contribution in [0.1, 0.15) is 30.6 Å². The molecule has 0 bridgehead atoms. The fourth-order valence-corrected chi connectivity index (χ4v) is 1.94. The SMILES string of the molecule is CC(C)Oc1ccc(C(=O)NCCCn2ccnc2)cc1.Cl. The Hall–Kier alpha value is -2.01. The molecule has 0 unspecified atom stereocenters. The number of carbonyl (C=O) groups is 1. The van der Waals surface area contributed by atoms with Crippen LogP contribution >= 0.6 is 12.4 Å². The Morgan fingerprint density at radius 3 is 2.64 bits per heavy atom. The monoisotopic (exact) mass is 323 g/mol. The Morgan fingerprint density at radius 2 is 2.05 bits per heavy atom. The molecule has 22 heavy (non-hydrogen) atoms. The number of aromatic nitrogens is 2. The third kappa shape index (κ3) is 5.77. The van der Waals surface area contributed by atoms with Crippen molar-refractivity contribution in [3.63, 3.8) is 0 Å². The number of nitrogens with zero attached hydrogens (tertiary/aromatic N) is 2. The molecule has 6 heteroatoms. The number of rotatable bonds is 7. The van der Waals surface area contributed by atoms with Gasteiger partial charge < -0.3 is 14.6 Å². The van der Waals surface area contributed by atoms with Gasteiger partial charge in [-0.2, -0.15) is 0 Å². The minimum Gasteiger partial charge on any atom is -0.491 e. The molecule has 1 aromatic carbocycles. The molecule has 120 valence electrons. The summed E-state index contributed by atoms with van der Waals surface area (Å²) in [6.07, 6.45) is 6.44. The van der Waals surface area contributed by atoms with Crippen LogP contribution in [0, 0.1) is 0 Å². The molecule has 2 rings (SSSR count). The molecular formula is C16H22ClN3O2. The molecule has 1 heterocycles. The average Bonchev–Trinajstić information content (AvgIpc) is 2.97. The van der Waals surface area contributed by atoms with Gasteiger partial charge in [0.15, 0.2) is 0 Å². The molecular weight excluding hydrogens is 302 g/mol. The van der Waals surface area contributed by atoms with E-state index in [9.17, 15) is 4.79 Å². The van der Waals surface area contributed by atoms with Gasteiger partial charge in [0.1, 0.15) is 5.75 Å². The van der Waals surface area contributed by atoms with Gasteiger partial charge in [-0.3, -0.25) is 4.79 Å². The zero-order chi connectivity index (χ0) is 15.1. The smallest absolute Gasteiger partial charge is 0.251 e. The van der Waals surface area contributed by atoms with Gasteiger partial charge in [0, 0.05) is 31.0 Å². The third-order valence-corrected chi connectivity index (χ3v) is 2.93. The molecule has 5 nitrogen and oxygen atoms in total. The van der Waals surface area contributed by atoms with Gasteiger partial charge in [-0.1, -0.05) is 0 Å². The van der Waals surface area contributed by atoms with Gasteiger partial charge in [0.25, 0.3) is 5.91 Å². The Balaban J connectivity index is 0.00000242. The van der Waals surface area contributed by atoms with Gasteiger partial charge in [-0.25, -0.2) is 4.98 Å². The van der Waals surface area contributed by atoms with E-state index in [0.717, 1.165) is 18.7 Å². The number of aryl methyl sites for hydroxylation is 1. The number of amides is 1. The minimum atomic E-state index is -0.0586. The van der Waals surface area contributed by atoms with Crippen molar-refractivity contribution >= 4 is 18.3 Å². The minimum absolute atomic E-state index is 0. The number of halogens is 1. The molecule has 2 aromatic rings. The zero-order valence-electron chi connectivity index (χ0n) is 12.9. The first kappa shape index (κ1) is 18.0. The number of nitrogens with one attached hydrogen (secondary N) is 1. The van der Waals surface area contributed by atoms with Crippen LogP contribution in [0.15, 0.2) is 43.0 Å². The Labute approximate surface area is 137 Å². The van der Waals surface area contributed by atoms with Gasteiger partial charge in [-0.15, -0.1) is 12.4 Å². The molecule has 1 amide bonds. The lowest BCUT2D eigenvalue weighted by Gasteiger charge is -2.10. The summed E-state index contributed by atoms with van der Waals surface area (Å²) in [5.74, 6) is 0.721. The largest absolute Gasteiger partial charge is 0.491 e. The first-order valence-corrected chi connectivity index (χ1v) is 7.16. The summed E-state index contributed by atoms with van der Waals surface area (Å²) in [5, 5.41) is 2.91. The second-order valence-corrected chi connectivity index (χ2v) is 5.10. The number of imidazole rings is 1. The quantitative estimate of drug-likeness (QED) is 0.797. The summed E-state index contributed by atoms with van der Waals surface area (Å²) in [5.41, 5.74) is 0.647. The summed E-state index contributed by atoms with van der Waals surface area (Å²) in [6.45, 7) is 5.44. The van der Waals surface area contributed by atoms with Crippen LogP contribution in [0.25, 0.3) is 0 Å². The molecule has 0 radical (unpaired) electrons. The maximum Gasteiger partial charge on any atom is 0.251 e. The normalized spacial score (nSPS) is 10.1. The molecule has 0 saturated heterocycles. The number of hydrogen-bond donors (Lipinski definition) is 1. The molecule has 0 aliphatic carbocycles. The summed E-state index contributed by atoms with van der Waals surface area (Å²) >= 11 is 0. The molecule has 0 fully saturated rings. The highest BCUT2D eigenvalue weighted by atomic mass is 35.5. The summed E-state index contributed by atoms with van der Waals surface area (Å²) in [7, 11) is 0. The molecule has 0 spiro atoms. The van der Waals surface area contributed by atoms with Crippen molar-refractivity contribution < 1.29 is 9.53 Å². The fraction of sp³-hybridized carbons (Fsp3) is 0.375. The predicted octanol–water partition coefficient (Wildman–Crippen LogP) is 2.91. The van der Waals surface area contributed by atoms with Crippen LogP contribution in [0.4, 0.5) is 0 Å². The van der Waals surface area contributed by atoms with Crippen LogP contribution < -0.4 is 10.1 Å². The van der Waals surface area contributed by atoms with E-state index in [1.165, 1.54) is 0 Å². The first-order chi connectivity index (χ1) is 10.1. The van der Waals surface area contributed by atoms with Crippen molar-refractivity contribution in [3.8, 4) is 5.75 Å². The van der Waals surface area contributed by atoms with E-state index in [2.05, 4.69) is 10.3 Å². The van der Waals surface area contributed by atoms with E-state index in [-0.39, 0.29) is 24.4 Å². The molecule has 1 N–H and O–H groups in total. The van der Waals surface area contributed by atoms with E-state index in [0.29, 0.717) is 12.1 Å². The van der Waals surface area contributed by atoms with Crippen molar-refractivity contribution in [2.75, 3.05) is 6.54 Å². The number of hydrogen-bond acceptors (Lipinski definition) is 3. The van der Waals surface area contributed by atoms with Crippen LogP contribution in [0.3, 0.4) is 0 Å². The van der Waals surface area contributed by atoms with Gasteiger partial charge >= 0.3 is 0 Å². The van der Waals surface area contributed by atoms with Gasteiger partial charge in [0.2, 0.25) is 0 Å². The molecule has 0 aliphatic rings. The van der Waals surface area contributed by atoms with E-state index in [4.69, 9.17) is 4.74 Å². The molecule has 0 atom stereocenters. The Kier molecular flexibility index (Phi) is 7.46. The van der Waals surface area contributed by atoms with E-state index < -0.39 is 0 Å². The van der Waals surface area contributed by atoms with Crippen molar-refractivity contribution in [1.82, 2.24) is 14.9 Å². The summed E-state index contributed by atoms with van der Waals surface area (Å²) in [4.78, 5) is 15.9. The predicted molar refractivity (Wildman–Crippen MR) is 88.6 cm³/mol. The van der Waals surface area contributed by atoms with Crippen LogP contribution in [-0.4, -0.2) is 28.1 Å². The standard InChI is InChI=1S/C16H21N3O2.ClH/c1-13(2)21-15-6-4-14(5-7-15)16(20)18-8-3-10-19-11-9-17-12-19;/h4-7,9,11-13H,3,8,10H2,1-2H3,(H,18,20);1H. The van der Waals surface area contributed by atoms with Crippen molar-refractivity contribution in [2.45, 2.75) is 32.9 Å². The lowest BCUT2D eigenvalue weighted by atomic mass is 10.2. The van der Waals surface area contributed by atoms with Crippen molar-refractivity contribution in [1.29, 1.82) is 0 Å². The first-order valence-electron chi connectivity index (χ1n) is 7.16. The number of carbonyl (C=O) groups excluding carboxylic acids is 1. The Bertz CT molecular complexity index is 553. The van der Waals surface area contributed by atoms with Gasteiger partial charge in [0.05, 0.1) is 12.4 Å². The lowest BCUT2D eigenvalue weighted by molar-refractivity contribution is 0.0952. The van der Waals surface area contributed by atoms with Crippen LogP contribution in [-0.2, 0) is 6.54 Å². The highest BCUT2D eigenvalue weighted by Gasteiger charge is 2.05. The second kappa shape index (κ2) is 9.10. The number of benzene rings is 1. The van der Waals surface area contributed by atoms with Crippen LogP contribution in [0.2, 0.25) is 0 Å². The molecule has 0 aliphatic heterocycles. The molecule has 1 aromatic heterocycles. The topological polar surface area (TPSA) is 56.1 Å². The van der Waals surface area contributed by atoms with Crippen LogP contribution in [0.5, 0.6) is 5.75 Å². The summed E-state index contributed by atoms with van der Waals surface area (Å²) < 4.78 is 7.54. The van der Waals surface area contributed by atoms with E-state index >= 15 is 0 Å². The maximum atomic E-state index is 12.0. The highest BCUT2D eigenvalue weighted by molar-refractivity contribution is 5.94. The lowest BCUT2D eigenvalue weighted by Crippen LogP contribution is -2.25. The van der Waals surface area contributed by atoms with Crippen molar-refractivity contribution in [2.24, 2.45) is 0 Å². The zero-order valence-corrected chi connectivity index (χ0v) is 13.7. The van der Waals surface area contributed by atoms with E-state index in [1.807, 2.05) is 36.7 Å². The fourth-order valence-electron chi connectivity index (χ4n) is 1.94. The third-order valence-electron chi connectivity index (χ3n) is 2.93. The maximum absolute atomic E-state index is 12.0. The molecule has 0 saturated carbocycles. The van der Waals surface area contributed by atoms with E-state index in [1.54, 1.807) is 24.7 Å². The Morgan fingerprint density at radius 1 is 1.32 bits per heavy atom. The van der Waals surface area contributed by atoms with Gasteiger partial charge in [-0.05, 0) is 44.5 Å². The average molecular weight is 324 g/mol. The number of ether oxygens (including phenoxy) is 1. The van der Waals surface area contributed by atoms with Crippen molar-refractivity contribution in [3.05, 3.63) is 48.5 Å². The highest BCUT2D eigenvalue weighted by Crippen LogP contribution is 2.13. The summed E-state index contributed by atoms with van der Waals surface area (Å²) in [6, 6.07) is 7.20. The second-order valence-electron chi connectivity index (χ2n) is 5.10.